The lowest BCUT2D eigenvalue weighted by molar-refractivity contribution is -0.661. The van der Waals surface area contributed by atoms with Gasteiger partial charge in [-0.3, -0.25) is 0 Å². The average Bonchev–Trinajstić information content (AvgIpc) is 3.49. The molecule has 0 saturated heterocycles. The lowest BCUT2D eigenvalue weighted by Gasteiger charge is -2.17. The van der Waals surface area contributed by atoms with Gasteiger partial charge in [0.05, 0.1) is 5.56 Å². The first-order valence-electron chi connectivity index (χ1n) is 14.3. The van der Waals surface area contributed by atoms with Gasteiger partial charge in [0.15, 0.2) is 22.9 Å². The molecule has 0 radical (unpaired) electrons. The highest BCUT2D eigenvalue weighted by Crippen LogP contribution is 2.42. The summed E-state index contributed by atoms with van der Waals surface area (Å²) < 4.78 is 15.4. The van der Waals surface area contributed by atoms with Crippen LogP contribution < -0.4 is 4.57 Å². The monoisotopic (exact) mass is 531 g/mol. The number of pyridine rings is 1. The van der Waals surface area contributed by atoms with Crippen molar-refractivity contribution in [3.8, 4) is 22.7 Å². The largest absolute Gasteiger partial charge is 0.453 e. The Balaban J connectivity index is 1.61. The summed E-state index contributed by atoms with van der Waals surface area (Å²) in [5, 5.41) is 2.14. The fraction of sp³-hybridized carbons (Fsp3) is 0.333. The third kappa shape index (κ3) is 4.13. The van der Waals surface area contributed by atoms with Crippen LogP contribution in [-0.2, 0) is 12.5 Å². The van der Waals surface area contributed by atoms with Crippen molar-refractivity contribution in [1.29, 1.82) is 0 Å². The molecule has 0 saturated carbocycles. The number of fused-ring (bicyclic) bond motifs is 5. The molecule has 0 spiro atoms. The van der Waals surface area contributed by atoms with Crippen LogP contribution in [0.5, 0.6) is 0 Å². The quantitative estimate of drug-likeness (QED) is 0.213. The van der Waals surface area contributed by atoms with E-state index in [1.165, 1.54) is 22.3 Å². The molecular formula is C36H39N2O2+. The van der Waals surface area contributed by atoms with Gasteiger partial charge in [0, 0.05) is 28.0 Å². The number of nitrogens with zero attached hydrogens (tertiary/aromatic N) is 2. The van der Waals surface area contributed by atoms with Gasteiger partial charge in [-0.15, -0.1) is 0 Å². The molecule has 4 nitrogen and oxygen atoms in total. The maximum Gasteiger partial charge on any atom is 0.228 e. The first-order chi connectivity index (χ1) is 19.0. The van der Waals surface area contributed by atoms with Gasteiger partial charge in [0.2, 0.25) is 11.6 Å². The number of benzene rings is 3. The summed E-state index contributed by atoms with van der Waals surface area (Å²) >= 11 is 0. The Bertz CT molecular complexity index is 1890. The van der Waals surface area contributed by atoms with E-state index >= 15 is 0 Å². The van der Waals surface area contributed by atoms with Gasteiger partial charge in [-0.1, -0.05) is 78.8 Å². The molecule has 0 aliphatic heterocycles. The third-order valence-electron chi connectivity index (χ3n) is 8.22. The molecule has 3 aromatic carbocycles. The molecule has 0 aliphatic rings. The fourth-order valence-electron chi connectivity index (χ4n) is 5.92. The Hall–Kier alpha value is -3.92. The summed E-state index contributed by atoms with van der Waals surface area (Å²) in [7, 11) is 2.12. The first kappa shape index (κ1) is 26.3. The lowest BCUT2D eigenvalue weighted by atomic mass is 9.88. The van der Waals surface area contributed by atoms with Gasteiger partial charge < -0.3 is 8.83 Å². The molecule has 6 rings (SSSR count). The zero-order valence-corrected chi connectivity index (χ0v) is 25.1. The van der Waals surface area contributed by atoms with Crippen LogP contribution in [-0.4, -0.2) is 4.98 Å². The standard InChI is InChI=1S/C36H39N2O2/c1-20(2)24-11-10-12-25(21(3)4)31(24)35-37-32-29(39-35)18-16-27-26-15-13-22(5)30(33(26)40-34(27)32)28-17-14-23(19-38(28)9)36(6,7)8/h10-21H,1-9H3/q+1. The summed E-state index contributed by atoms with van der Waals surface area (Å²) in [5.41, 5.74) is 11.6. The van der Waals surface area contributed by atoms with Crippen LogP contribution in [0.3, 0.4) is 0 Å². The molecule has 6 aromatic rings. The zero-order chi connectivity index (χ0) is 28.5. The van der Waals surface area contributed by atoms with Crippen molar-refractivity contribution < 1.29 is 13.4 Å². The SMILES string of the molecule is Cc1ccc2c(oc3c2ccc2oc(-c4c(C(C)C)cccc4C(C)C)nc23)c1-c1ccc(C(C)(C)C)c[n+]1C. The number of aryl methyl sites for hydroxylation is 2. The molecule has 40 heavy (non-hydrogen) atoms. The Labute approximate surface area is 236 Å². The van der Waals surface area contributed by atoms with Crippen molar-refractivity contribution in [3.05, 3.63) is 83.0 Å². The average molecular weight is 532 g/mol. The van der Waals surface area contributed by atoms with Gasteiger partial charge in [0.25, 0.3) is 0 Å². The van der Waals surface area contributed by atoms with Gasteiger partial charge in [-0.25, -0.2) is 9.55 Å². The second-order valence-electron chi connectivity index (χ2n) is 12.8. The number of hydrogen-bond acceptors (Lipinski definition) is 3. The normalized spacial score (nSPS) is 12.6. The van der Waals surface area contributed by atoms with Crippen LogP contribution in [0.1, 0.15) is 82.6 Å². The Morgan fingerprint density at radius 3 is 2.02 bits per heavy atom. The van der Waals surface area contributed by atoms with E-state index in [4.69, 9.17) is 13.8 Å². The van der Waals surface area contributed by atoms with Crippen LogP contribution in [0.15, 0.2) is 69.6 Å². The van der Waals surface area contributed by atoms with E-state index in [1.807, 2.05) is 6.07 Å². The molecule has 0 amide bonds. The topological polar surface area (TPSA) is 43.1 Å². The van der Waals surface area contributed by atoms with Crippen molar-refractivity contribution in [2.75, 3.05) is 0 Å². The molecule has 0 N–H and O–H groups in total. The minimum Gasteiger partial charge on any atom is -0.453 e. The minimum absolute atomic E-state index is 0.0800. The summed E-state index contributed by atoms with van der Waals surface area (Å²) in [6, 6.07) is 19.5. The maximum absolute atomic E-state index is 6.75. The molecule has 3 aromatic heterocycles. The highest BCUT2D eigenvalue weighted by Gasteiger charge is 2.26. The van der Waals surface area contributed by atoms with Crippen LogP contribution in [0.4, 0.5) is 0 Å². The summed E-state index contributed by atoms with van der Waals surface area (Å²) in [6.45, 7) is 17.8. The number of oxazole rings is 1. The number of furan rings is 1. The van der Waals surface area contributed by atoms with Gasteiger partial charge in [-0.05, 0) is 59.1 Å². The van der Waals surface area contributed by atoms with Crippen molar-refractivity contribution in [2.24, 2.45) is 7.05 Å². The number of hydrogen-bond donors (Lipinski definition) is 0. The highest BCUT2D eigenvalue weighted by atomic mass is 16.4. The second kappa shape index (κ2) is 9.33. The maximum atomic E-state index is 6.75. The summed E-state index contributed by atoms with van der Waals surface area (Å²) in [4.78, 5) is 5.11. The molecule has 3 heterocycles. The predicted molar refractivity (Wildman–Crippen MR) is 165 cm³/mol. The van der Waals surface area contributed by atoms with E-state index in [1.54, 1.807) is 0 Å². The number of aromatic nitrogens is 2. The molecule has 0 fully saturated rings. The van der Waals surface area contributed by atoms with E-state index in [0.717, 1.165) is 49.9 Å². The van der Waals surface area contributed by atoms with Gasteiger partial charge in [-0.2, -0.15) is 0 Å². The fourth-order valence-corrected chi connectivity index (χ4v) is 5.92. The molecule has 4 heteroatoms. The van der Waals surface area contributed by atoms with Crippen LogP contribution in [0.25, 0.3) is 55.7 Å². The summed E-state index contributed by atoms with van der Waals surface area (Å²) in [5.74, 6) is 1.37. The van der Waals surface area contributed by atoms with E-state index in [2.05, 4.69) is 122 Å². The third-order valence-corrected chi connectivity index (χ3v) is 8.22. The second-order valence-corrected chi connectivity index (χ2v) is 12.8. The molecule has 0 atom stereocenters. The lowest BCUT2D eigenvalue weighted by Crippen LogP contribution is -2.33. The molecule has 0 unspecified atom stereocenters. The Kier molecular flexibility index (Phi) is 6.14. The van der Waals surface area contributed by atoms with Crippen molar-refractivity contribution in [2.45, 2.75) is 72.6 Å². The van der Waals surface area contributed by atoms with Crippen molar-refractivity contribution >= 4 is 33.0 Å². The number of rotatable bonds is 4. The highest BCUT2D eigenvalue weighted by molar-refractivity contribution is 6.16. The smallest absolute Gasteiger partial charge is 0.228 e. The van der Waals surface area contributed by atoms with E-state index < -0.39 is 0 Å². The van der Waals surface area contributed by atoms with Crippen molar-refractivity contribution in [1.82, 2.24) is 4.98 Å². The van der Waals surface area contributed by atoms with Crippen molar-refractivity contribution in [3.63, 3.8) is 0 Å². The van der Waals surface area contributed by atoms with Crippen LogP contribution >= 0.6 is 0 Å². The van der Waals surface area contributed by atoms with E-state index in [0.29, 0.717) is 17.7 Å². The van der Waals surface area contributed by atoms with Gasteiger partial charge >= 0.3 is 0 Å². The van der Waals surface area contributed by atoms with Gasteiger partial charge in [0.1, 0.15) is 12.6 Å². The molecular weight excluding hydrogens is 492 g/mol. The molecule has 0 aliphatic carbocycles. The minimum atomic E-state index is 0.0800. The first-order valence-corrected chi connectivity index (χ1v) is 14.3. The van der Waals surface area contributed by atoms with E-state index in [-0.39, 0.29) is 5.41 Å². The van der Waals surface area contributed by atoms with Crippen LogP contribution in [0.2, 0.25) is 0 Å². The van der Waals surface area contributed by atoms with Crippen LogP contribution in [0, 0.1) is 6.92 Å². The predicted octanol–water partition coefficient (Wildman–Crippen LogP) is 9.74. The molecule has 0 bridgehead atoms. The Morgan fingerprint density at radius 1 is 0.750 bits per heavy atom. The van der Waals surface area contributed by atoms with E-state index in [9.17, 15) is 0 Å². The zero-order valence-electron chi connectivity index (χ0n) is 25.1. The molecule has 204 valence electrons. The Morgan fingerprint density at radius 2 is 1.40 bits per heavy atom. The summed E-state index contributed by atoms with van der Waals surface area (Å²) in [6.07, 6.45) is 2.23.